The van der Waals surface area contributed by atoms with Gasteiger partial charge in [0.15, 0.2) is 0 Å². The Kier molecular flexibility index (Phi) is 7.28. The van der Waals surface area contributed by atoms with Gasteiger partial charge in [0.05, 0.1) is 35.7 Å². The minimum Gasteiger partial charge on any atom is -0.392 e. The first-order valence-corrected chi connectivity index (χ1v) is 14.1. The van der Waals surface area contributed by atoms with Crippen molar-refractivity contribution in [1.29, 1.82) is 0 Å². The van der Waals surface area contributed by atoms with Crippen molar-refractivity contribution in [3.63, 3.8) is 0 Å². The number of imidazole rings is 1. The first-order valence-electron chi connectivity index (χ1n) is 14.1. The summed E-state index contributed by atoms with van der Waals surface area (Å²) in [5.41, 5.74) is 7.03. The first-order chi connectivity index (χ1) is 19.1. The SMILES string of the molecule is C[C@H]1C[C@@H](O)CN(Cc2cc(C(F)(F)F)c3cn(-c4cccc([C@@H](C5CCC5)C5NNCN5C)c4)c(=O)n3c2)C1. The van der Waals surface area contributed by atoms with E-state index in [2.05, 4.69) is 28.9 Å². The normalized spacial score (nSPS) is 25.9. The minimum absolute atomic E-state index is 0.0841. The molecule has 2 aromatic heterocycles. The second kappa shape index (κ2) is 10.6. The van der Waals surface area contributed by atoms with Gasteiger partial charge in [-0.15, -0.1) is 0 Å². The lowest BCUT2D eigenvalue weighted by Gasteiger charge is -2.39. The average molecular weight is 559 g/mol. The van der Waals surface area contributed by atoms with Gasteiger partial charge < -0.3 is 5.11 Å². The third-order valence-electron chi connectivity index (χ3n) is 8.83. The van der Waals surface area contributed by atoms with Crippen LogP contribution in [-0.4, -0.2) is 62.9 Å². The zero-order valence-corrected chi connectivity index (χ0v) is 22.9. The second-order valence-electron chi connectivity index (χ2n) is 12.0. The summed E-state index contributed by atoms with van der Waals surface area (Å²) < 4.78 is 45.2. The molecule has 11 heteroatoms. The van der Waals surface area contributed by atoms with Crippen molar-refractivity contribution < 1.29 is 18.3 Å². The minimum atomic E-state index is -4.63. The van der Waals surface area contributed by atoms with Crippen LogP contribution in [0.3, 0.4) is 0 Å². The molecule has 4 heterocycles. The van der Waals surface area contributed by atoms with E-state index in [1.54, 1.807) is 6.07 Å². The van der Waals surface area contributed by atoms with E-state index < -0.39 is 23.5 Å². The Morgan fingerprint density at radius 1 is 1.15 bits per heavy atom. The zero-order valence-electron chi connectivity index (χ0n) is 22.9. The highest BCUT2D eigenvalue weighted by Crippen LogP contribution is 2.42. The van der Waals surface area contributed by atoms with E-state index in [9.17, 15) is 23.1 Å². The van der Waals surface area contributed by atoms with Crippen molar-refractivity contribution in [2.45, 2.75) is 63.5 Å². The van der Waals surface area contributed by atoms with Crippen molar-refractivity contribution in [3.8, 4) is 5.69 Å². The van der Waals surface area contributed by atoms with Crippen LogP contribution in [0, 0.1) is 11.8 Å². The second-order valence-corrected chi connectivity index (χ2v) is 12.0. The van der Waals surface area contributed by atoms with Crippen molar-refractivity contribution >= 4 is 5.52 Å². The third kappa shape index (κ3) is 5.21. The van der Waals surface area contributed by atoms with Crippen LogP contribution in [0.25, 0.3) is 11.2 Å². The largest absolute Gasteiger partial charge is 0.418 e. The predicted octanol–water partition coefficient (Wildman–Crippen LogP) is 3.52. The summed E-state index contributed by atoms with van der Waals surface area (Å²) in [6, 6.07) is 8.79. The Bertz CT molecular complexity index is 1420. The molecule has 2 saturated heterocycles. The van der Waals surface area contributed by atoms with Crippen LogP contribution in [0.2, 0.25) is 0 Å². The Balaban J connectivity index is 1.39. The summed E-state index contributed by atoms with van der Waals surface area (Å²) in [5, 5.41) is 10.2. The van der Waals surface area contributed by atoms with Gasteiger partial charge in [-0.05, 0) is 67.5 Å². The number of nitrogens with zero attached hydrogens (tertiary/aromatic N) is 4. The Morgan fingerprint density at radius 3 is 2.60 bits per heavy atom. The maximum atomic E-state index is 14.3. The molecular formula is C29H37F3N6O2. The summed E-state index contributed by atoms with van der Waals surface area (Å²) in [7, 11) is 2.06. The lowest BCUT2D eigenvalue weighted by Crippen LogP contribution is -2.44. The van der Waals surface area contributed by atoms with Crippen molar-refractivity contribution in [1.82, 2.24) is 29.6 Å². The molecular weight excluding hydrogens is 521 g/mol. The van der Waals surface area contributed by atoms with E-state index in [0.29, 0.717) is 36.7 Å². The standard InChI is InChI=1S/C29H37F3N6O2/c1-18-9-23(39)15-36(12-18)13-19-10-24(29(30,31)32)25-16-37(28(40)38(25)14-19)22-8-4-7-21(11-22)26(20-5-3-6-20)27-34-33-17-35(27)2/h4,7-8,10-11,14,16,18,20,23,26-27,33-34,39H,3,5-6,9,12-13,15,17H2,1-2H3/t18-,23+,26+,27?/m0/s1. The molecule has 1 aliphatic carbocycles. The number of aliphatic hydroxyl groups excluding tert-OH is 1. The van der Waals surface area contributed by atoms with Crippen LogP contribution >= 0.6 is 0 Å². The first kappa shape index (κ1) is 27.5. The highest BCUT2D eigenvalue weighted by Gasteiger charge is 2.39. The molecule has 0 amide bonds. The number of pyridine rings is 1. The van der Waals surface area contributed by atoms with Gasteiger partial charge in [-0.25, -0.2) is 15.6 Å². The van der Waals surface area contributed by atoms with Gasteiger partial charge in [0.1, 0.15) is 0 Å². The lowest BCUT2D eigenvalue weighted by molar-refractivity contribution is -0.136. The number of β-amino-alcohol motifs (C(OH)–C–C–N with tert-alkyl or cyclic N) is 1. The van der Waals surface area contributed by atoms with Gasteiger partial charge in [0.25, 0.3) is 0 Å². The fourth-order valence-corrected chi connectivity index (χ4v) is 6.80. The maximum Gasteiger partial charge on any atom is 0.418 e. The van der Waals surface area contributed by atoms with Gasteiger partial charge in [0, 0.05) is 37.9 Å². The number of nitrogens with one attached hydrogen (secondary N) is 2. The summed E-state index contributed by atoms with van der Waals surface area (Å²) in [6.07, 6.45) is 1.88. The summed E-state index contributed by atoms with van der Waals surface area (Å²) in [4.78, 5) is 17.8. The molecule has 6 rings (SSSR count). The molecule has 2 aliphatic heterocycles. The Morgan fingerprint density at radius 2 is 1.95 bits per heavy atom. The van der Waals surface area contributed by atoms with Gasteiger partial charge in [-0.1, -0.05) is 25.5 Å². The van der Waals surface area contributed by atoms with Crippen molar-refractivity contribution in [3.05, 3.63) is 69.9 Å². The van der Waals surface area contributed by atoms with E-state index in [1.165, 1.54) is 23.4 Å². The number of aromatic nitrogens is 2. The summed E-state index contributed by atoms with van der Waals surface area (Å²) in [6.45, 7) is 4.05. The number of fused-ring (bicyclic) bond motifs is 1. The molecule has 3 N–H and O–H groups in total. The van der Waals surface area contributed by atoms with E-state index in [-0.39, 0.29) is 30.1 Å². The van der Waals surface area contributed by atoms with Gasteiger partial charge in [-0.3, -0.25) is 18.8 Å². The number of hydrazine groups is 1. The van der Waals surface area contributed by atoms with Gasteiger partial charge >= 0.3 is 11.9 Å². The number of likely N-dealkylation sites (tertiary alicyclic amines) is 1. The predicted molar refractivity (Wildman–Crippen MR) is 146 cm³/mol. The molecule has 216 valence electrons. The molecule has 3 fully saturated rings. The molecule has 1 saturated carbocycles. The fraction of sp³-hybridized carbons (Fsp3) is 0.552. The molecule has 1 aromatic carbocycles. The van der Waals surface area contributed by atoms with Crippen LogP contribution in [0.15, 0.2) is 47.5 Å². The number of aliphatic hydroxyl groups is 1. The molecule has 0 radical (unpaired) electrons. The number of benzene rings is 1. The van der Waals surface area contributed by atoms with Crippen LogP contribution in [-0.2, 0) is 12.7 Å². The molecule has 4 atom stereocenters. The average Bonchev–Trinajstić information content (AvgIpc) is 3.42. The van der Waals surface area contributed by atoms with Crippen LogP contribution in [0.5, 0.6) is 0 Å². The number of likely N-dealkylation sites (N-methyl/N-ethyl adjacent to an activating group) is 1. The van der Waals surface area contributed by atoms with E-state index >= 15 is 0 Å². The summed E-state index contributed by atoms with van der Waals surface area (Å²) in [5.74, 6) is 0.917. The number of piperidine rings is 1. The molecule has 0 bridgehead atoms. The Labute approximate surface area is 231 Å². The van der Waals surface area contributed by atoms with Gasteiger partial charge in [0.2, 0.25) is 0 Å². The Hall–Kier alpha value is -2.70. The zero-order chi connectivity index (χ0) is 28.2. The smallest absolute Gasteiger partial charge is 0.392 e. The van der Waals surface area contributed by atoms with E-state index in [0.717, 1.165) is 35.5 Å². The summed E-state index contributed by atoms with van der Waals surface area (Å²) >= 11 is 0. The molecule has 3 aliphatic rings. The highest BCUT2D eigenvalue weighted by atomic mass is 19.4. The van der Waals surface area contributed by atoms with Crippen LogP contribution < -0.4 is 16.5 Å². The van der Waals surface area contributed by atoms with Crippen molar-refractivity contribution in [2.24, 2.45) is 11.8 Å². The number of hydrogen-bond donors (Lipinski definition) is 3. The lowest BCUT2D eigenvalue weighted by atomic mass is 9.71. The van der Waals surface area contributed by atoms with E-state index in [4.69, 9.17) is 0 Å². The maximum absolute atomic E-state index is 14.3. The topological polar surface area (TPSA) is 77.2 Å². The van der Waals surface area contributed by atoms with E-state index in [1.807, 2.05) is 24.0 Å². The number of rotatable bonds is 6. The number of halogens is 3. The van der Waals surface area contributed by atoms with Crippen LogP contribution in [0.4, 0.5) is 13.2 Å². The monoisotopic (exact) mass is 558 g/mol. The fourth-order valence-electron chi connectivity index (χ4n) is 6.80. The molecule has 8 nitrogen and oxygen atoms in total. The molecule has 0 spiro atoms. The highest BCUT2D eigenvalue weighted by molar-refractivity contribution is 5.58. The molecule has 3 aromatic rings. The van der Waals surface area contributed by atoms with Crippen molar-refractivity contribution in [2.75, 3.05) is 26.8 Å². The van der Waals surface area contributed by atoms with Crippen LogP contribution in [0.1, 0.15) is 55.2 Å². The third-order valence-corrected chi connectivity index (χ3v) is 8.83. The molecule has 40 heavy (non-hydrogen) atoms. The molecule has 1 unspecified atom stereocenters. The number of hydrogen-bond acceptors (Lipinski definition) is 6. The number of alkyl halides is 3. The van der Waals surface area contributed by atoms with Gasteiger partial charge in [-0.2, -0.15) is 13.2 Å². The quantitative estimate of drug-likeness (QED) is 0.430.